The quantitative estimate of drug-likeness (QED) is 0.110. The van der Waals surface area contributed by atoms with Gasteiger partial charge in [0.15, 0.2) is 6.21 Å². The molecule has 0 unspecified atom stereocenters. The van der Waals surface area contributed by atoms with E-state index < -0.39 is 5.97 Å². The van der Waals surface area contributed by atoms with Crippen molar-refractivity contribution in [2.45, 2.75) is 52.4 Å². The molecule has 0 saturated heterocycles. The normalized spacial score (nSPS) is 11.2. The molecule has 31 heavy (non-hydrogen) atoms. The van der Waals surface area contributed by atoms with Crippen LogP contribution in [0.3, 0.4) is 0 Å². The number of rotatable bonds is 12. The number of carbonyl (C=O) groups excluding carboxylic acids is 2. The van der Waals surface area contributed by atoms with Crippen LogP contribution in [0.4, 0.5) is 5.69 Å². The highest BCUT2D eigenvalue weighted by molar-refractivity contribution is 5.91. The molecule has 0 N–H and O–H groups in total. The predicted octanol–water partition coefficient (Wildman–Crippen LogP) is 5.64. The first kappa shape index (κ1) is 24.1. The van der Waals surface area contributed by atoms with E-state index in [-0.39, 0.29) is 5.97 Å². The number of ether oxygens (including phenoxy) is 2. The zero-order valence-corrected chi connectivity index (χ0v) is 18.3. The summed E-state index contributed by atoms with van der Waals surface area (Å²) >= 11 is 0. The second kappa shape index (κ2) is 13.2. The molecular formula is C25H31NO5. The van der Waals surface area contributed by atoms with E-state index in [2.05, 4.69) is 6.92 Å². The van der Waals surface area contributed by atoms with Crippen molar-refractivity contribution in [1.29, 1.82) is 0 Å². The SMILES string of the molecule is CCCCCCOC(=O)c1ccc(C=[N+]([O-])c2ccc(C(=O)OCCCC)cc2)cc1. The van der Waals surface area contributed by atoms with Gasteiger partial charge in [-0.1, -0.05) is 39.5 Å². The van der Waals surface area contributed by atoms with E-state index in [4.69, 9.17) is 9.47 Å². The van der Waals surface area contributed by atoms with Gasteiger partial charge in [-0.3, -0.25) is 0 Å². The van der Waals surface area contributed by atoms with Crippen molar-refractivity contribution in [3.05, 3.63) is 70.4 Å². The van der Waals surface area contributed by atoms with Gasteiger partial charge < -0.3 is 14.7 Å². The molecule has 0 amide bonds. The average molecular weight is 426 g/mol. The number of carbonyl (C=O) groups is 2. The fourth-order valence-corrected chi connectivity index (χ4v) is 2.83. The summed E-state index contributed by atoms with van der Waals surface area (Å²) in [5, 5.41) is 12.4. The summed E-state index contributed by atoms with van der Waals surface area (Å²) in [5.74, 6) is -0.752. The van der Waals surface area contributed by atoms with Crippen LogP contribution in [0.25, 0.3) is 0 Å². The summed E-state index contributed by atoms with van der Waals surface area (Å²) in [6.45, 7) is 4.97. The number of unbranched alkanes of at least 4 members (excludes halogenated alkanes) is 4. The Hall–Kier alpha value is -3.15. The molecule has 2 aromatic carbocycles. The van der Waals surface area contributed by atoms with Gasteiger partial charge in [-0.25, -0.2) is 9.59 Å². The number of esters is 2. The van der Waals surface area contributed by atoms with Gasteiger partial charge in [0.2, 0.25) is 5.69 Å². The summed E-state index contributed by atoms with van der Waals surface area (Å²) in [7, 11) is 0. The summed E-state index contributed by atoms with van der Waals surface area (Å²) in [4.78, 5) is 24.0. The number of benzene rings is 2. The minimum atomic E-state index is -0.394. The molecule has 0 aromatic heterocycles. The molecule has 0 spiro atoms. The molecule has 0 atom stereocenters. The number of hydrogen-bond donors (Lipinski definition) is 0. The Morgan fingerprint density at radius 1 is 0.774 bits per heavy atom. The standard InChI is InChI=1S/C25H31NO5/c1-3-5-7-8-18-31-24(27)21-11-9-20(10-12-21)19-26(29)23-15-13-22(14-16-23)25(28)30-17-6-4-2/h9-16,19H,3-8,17-18H2,1-2H3. The lowest BCUT2D eigenvalue weighted by atomic mass is 10.1. The Bertz CT molecular complexity index is 856. The number of hydrogen-bond acceptors (Lipinski definition) is 5. The molecule has 6 nitrogen and oxygen atoms in total. The minimum absolute atomic E-state index is 0.358. The van der Waals surface area contributed by atoms with Crippen molar-refractivity contribution >= 4 is 23.8 Å². The van der Waals surface area contributed by atoms with Crippen LogP contribution in [0.2, 0.25) is 0 Å². The van der Waals surface area contributed by atoms with Crippen LogP contribution in [0.1, 0.15) is 78.7 Å². The van der Waals surface area contributed by atoms with Crippen LogP contribution in [0.5, 0.6) is 0 Å². The summed E-state index contributed by atoms with van der Waals surface area (Å²) in [5.41, 5.74) is 1.90. The Labute approximate surface area is 184 Å². The minimum Gasteiger partial charge on any atom is -0.618 e. The molecule has 166 valence electrons. The van der Waals surface area contributed by atoms with Crippen molar-refractivity contribution in [1.82, 2.24) is 0 Å². The zero-order valence-electron chi connectivity index (χ0n) is 18.3. The summed E-state index contributed by atoms with van der Waals surface area (Å²) in [6.07, 6.45) is 7.38. The molecule has 6 heteroatoms. The second-order valence-corrected chi connectivity index (χ2v) is 7.31. The van der Waals surface area contributed by atoms with Crippen LogP contribution in [0, 0.1) is 5.21 Å². The molecule has 0 saturated carbocycles. The topological polar surface area (TPSA) is 78.7 Å². The lowest BCUT2D eigenvalue weighted by Crippen LogP contribution is -2.07. The maximum Gasteiger partial charge on any atom is 0.338 e. The smallest absolute Gasteiger partial charge is 0.338 e. The van der Waals surface area contributed by atoms with Crippen LogP contribution in [0.15, 0.2) is 48.5 Å². The fraction of sp³-hybridized carbons (Fsp3) is 0.400. The molecule has 0 aliphatic heterocycles. The van der Waals surface area contributed by atoms with Crippen molar-refractivity contribution < 1.29 is 23.8 Å². The second-order valence-electron chi connectivity index (χ2n) is 7.31. The van der Waals surface area contributed by atoms with Gasteiger partial charge in [0.05, 0.1) is 24.3 Å². The van der Waals surface area contributed by atoms with E-state index in [0.29, 0.717) is 40.3 Å². The van der Waals surface area contributed by atoms with E-state index >= 15 is 0 Å². The van der Waals surface area contributed by atoms with Crippen molar-refractivity contribution in [3.63, 3.8) is 0 Å². The largest absolute Gasteiger partial charge is 0.618 e. The molecule has 0 radical (unpaired) electrons. The first-order valence-electron chi connectivity index (χ1n) is 10.9. The molecule has 0 aliphatic rings. The van der Waals surface area contributed by atoms with E-state index in [9.17, 15) is 14.8 Å². The van der Waals surface area contributed by atoms with Gasteiger partial charge >= 0.3 is 11.9 Å². The lowest BCUT2D eigenvalue weighted by Gasteiger charge is -2.06. The number of nitrogens with zero attached hydrogens (tertiary/aromatic N) is 1. The molecule has 0 aliphatic carbocycles. The highest BCUT2D eigenvalue weighted by Gasteiger charge is 2.10. The van der Waals surface area contributed by atoms with E-state index in [1.54, 1.807) is 48.5 Å². The maximum atomic E-state index is 12.4. The predicted molar refractivity (Wildman–Crippen MR) is 121 cm³/mol. The van der Waals surface area contributed by atoms with Crippen LogP contribution in [-0.2, 0) is 9.47 Å². The van der Waals surface area contributed by atoms with Crippen molar-refractivity contribution in [2.75, 3.05) is 13.2 Å². The van der Waals surface area contributed by atoms with Gasteiger partial charge in [-0.05, 0) is 49.2 Å². The van der Waals surface area contributed by atoms with Crippen LogP contribution < -0.4 is 0 Å². The van der Waals surface area contributed by atoms with E-state index in [1.165, 1.54) is 6.21 Å². The van der Waals surface area contributed by atoms with Gasteiger partial charge in [-0.2, -0.15) is 4.74 Å². The molecule has 0 heterocycles. The molecule has 0 bridgehead atoms. The highest BCUT2D eigenvalue weighted by Crippen LogP contribution is 2.14. The van der Waals surface area contributed by atoms with Crippen molar-refractivity contribution in [3.8, 4) is 0 Å². The third-order valence-corrected chi connectivity index (χ3v) is 4.73. The van der Waals surface area contributed by atoms with Gasteiger partial charge in [0.1, 0.15) is 0 Å². The van der Waals surface area contributed by atoms with E-state index in [0.717, 1.165) is 38.5 Å². The molecule has 2 aromatic rings. The Morgan fingerprint density at radius 2 is 1.29 bits per heavy atom. The summed E-state index contributed by atoms with van der Waals surface area (Å²) < 4.78 is 11.1. The van der Waals surface area contributed by atoms with E-state index in [1.807, 2.05) is 6.92 Å². The third-order valence-electron chi connectivity index (χ3n) is 4.73. The first-order chi connectivity index (χ1) is 15.0. The van der Waals surface area contributed by atoms with Gasteiger partial charge in [-0.15, -0.1) is 0 Å². The highest BCUT2D eigenvalue weighted by atomic mass is 16.5. The molecule has 0 fully saturated rings. The Balaban J connectivity index is 1.92. The lowest BCUT2D eigenvalue weighted by molar-refractivity contribution is -0.354. The molecular weight excluding hydrogens is 394 g/mol. The zero-order chi connectivity index (χ0) is 22.5. The Kier molecular flexibility index (Phi) is 10.3. The van der Waals surface area contributed by atoms with Gasteiger partial charge in [0, 0.05) is 17.7 Å². The Morgan fingerprint density at radius 3 is 1.84 bits per heavy atom. The maximum absolute atomic E-state index is 12.4. The first-order valence-corrected chi connectivity index (χ1v) is 10.9. The van der Waals surface area contributed by atoms with Crippen LogP contribution >= 0.6 is 0 Å². The van der Waals surface area contributed by atoms with Crippen molar-refractivity contribution in [2.24, 2.45) is 0 Å². The monoisotopic (exact) mass is 425 g/mol. The van der Waals surface area contributed by atoms with Gasteiger partial charge in [0.25, 0.3) is 0 Å². The fourth-order valence-electron chi connectivity index (χ4n) is 2.83. The average Bonchev–Trinajstić information content (AvgIpc) is 2.79. The third kappa shape index (κ3) is 8.24. The summed E-state index contributed by atoms with van der Waals surface area (Å²) in [6, 6.07) is 13.0. The molecule has 2 rings (SSSR count). The van der Waals surface area contributed by atoms with Crippen LogP contribution in [-0.4, -0.2) is 36.1 Å².